The quantitative estimate of drug-likeness (QED) is 0.0936. The Bertz CT molecular complexity index is 852. The number of nitrogens with two attached hydrogens (primary N) is 2. The van der Waals surface area contributed by atoms with Crippen molar-refractivity contribution in [2.24, 2.45) is 11.5 Å². The molecule has 37 heavy (non-hydrogen) atoms. The van der Waals surface area contributed by atoms with Gasteiger partial charge in [0.05, 0.1) is 25.0 Å². The molecule has 1 heterocycles. The molecule has 0 aromatic carbocycles. The van der Waals surface area contributed by atoms with Crippen molar-refractivity contribution in [1.29, 1.82) is 0 Å². The molecule has 0 saturated carbocycles. The van der Waals surface area contributed by atoms with Crippen molar-refractivity contribution in [1.82, 2.24) is 20.9 Å². The lowest BCUT2D eigenvalue weighted by Gasteiger charge is -2.26. The summed E-state index contributed by atoms with van der Waals surface area (Å²) >= 11 is 0. The molecule has 1 fully saturated rings. The third-order valence-corrected chi connectivity index (χ3v) is 5.71. The van der Waals surface area contributed by atoms with Gasteiger partial charge in [0, 0.05) is 13.0 Å². The topological polar surface area (TPSA) is 251 Å². The van der Waals surface area contributed by atoms with Gasteiger partial charge in [-0.1, -0.05) is 0 Å². The highest BCUT2D eigenvalue weighted by Gasteiger charge is 2.35. The maximum atomic E-state index is 12.7. The van der Waals surface area contributed by atoms with Gasteiger partial charge in [-0.3, -0.25) is 33.6 Å². The number of unbranched alkanes of at least 4 members (excludes halogenated alkanes) is 1. The van der Waals surface area contributed by atoms with E-state index >= 15 is 0 Å². The molecular weight excluding hydrogens is 492 g/mol. The van der Waals surface area contributed by atoms with E-state index in [2.05, 4.69) is 16.0 Å². The van der Waals surface area contributed by atoms with Crippen molar-refractivity contribution < 1.29 is 43.8 Å². The standard InChI is InChI=1S/C22H35N6O9/c23-8-2-1-4-13(12-29)26-22(37)16-5-3-9-28(16)17(30)11-25-21(36)15(10-19(33)34)27-20(35)14(24)6-7-18(31)32/h13-16H,1-11,23-24H2,(H,25,36)(H,26,37)(H,27,35)(H,31,32)(H,33,34)/t13-,14-,15-,16-/m0/s1. The Balaban J connectivity index is 2.70. The number of likely N-dealkylation sites (tertiary alicyclic amines) is 1. The van der Waals surface area contributed by atoms with Gasteiger partial charge in [-0.2, -0.15) is 0 Å². The average Bonchev–Trinajstić information content (AvgIpc) is 3.34. The second kappa shape index (κ2) is 16.2. The highest BCUT2D eigenvalue weighted by Crippen LogP contribution is 2.18. The summed E-state index contributed by atoms with van der Waals surface area (Å²) in [4.78, 5) is 84.2. The number of aliphatic carboxylic acids is 2. The van der Waals surface area contributed by atoms with Crippen LogP contribution in [0.4, 0.5) is 0 Å². The Morgan fingerprint density at radius 3 is 2.30 bits per heavy atom. The Morgan fingerprint density at radius 1 is 1.00 bits per heavy atom. The molecule has 1 aliphatic heterocycles. The van der Waals surface area contributed by atoms with Crippen LogP contribution in [-0.4, -0.2) is 101 Å². The van der Waals surface area contributed by atoms with Crippen LogP contribution in [0.5, 0.6) is 0 Å². The number of carboxylic acids is 2. The molecule has 15 heteroatoms. The minimum Gasteiger partial charge on any atom is -0.481 e. The summed E-state index contributed by atoms with van der Waals surface area (Å²) < 4.78 is 0. The molecule has 9 N–H and O–H groups in total. The van der Waals surface area contributed by atoms with Crippen LogP contribution in [0.25, 0.3) is 0 Å². The molecule has 1 radical (unpaired) electrons. The lowest BCUT2D eigenvalue weighted by molar-refractivity contribution is -0.141. The molecule has 0 aromatic heterocycles. The van der Waals surface area contributed by atoms with Crippen molar-refractivity contribution in [3.8, 4) is 0 Å². The monoisotopic (exact) mass is 527 g/mol. The van der Waals surface area contributed by atoms with Crippen LogP contribution in [0.1, 0.15) is 51.4 Å². The Hall–Kier alpha value is -3.59. The third-order valence-electron chi connectivity index (χ3n) is 5.71. The Labute approximate surface area is 213 Å². The molecule has 1 aliphatic rings. The van der Waals surface area contributed by atoms with Gasteiger partial charge < -0.3 is 42.5 Å². The summed E-state index contributed by atoms with van der Waals surface area (Å²) in [5.74, 6) is -5.61. The lowest BCUT2D eigenvalue weighted by atomic mass is 10.1. The van der Waals surface area contributed by atoms with Crippen LogP contribution < -0.4 is 27.4 Å². The number of carboxylic acid groups (broad SMARTS) is 2. The third kappa shape index (κ3) is 11.3. The molecule has 4 amide bonds. The molecule has 1 rings (SSSR count). The average molecular weight is 528 g/mol. The van der Waals surface area contributed by atoms with Crippen molar-refractivity contribution >= 4 is 41.9 Å². The van der Waals surface area contributed by atoms with Crippen LogP contribution in [-0.2, 0) is 33.6 Å². The molecule has 1 saturated heterocycles. The van der Waals surface area contributed by atoms with Gasteiger partial charge in [-0.25, -0.2) is 0 Å². The smallest absolute Gasteiger partial charge is 0.305 e. The minimum absolute atomic E-state index is 0.227. The van der Waals surface area contributed by atoms with E-state index in [1.807, 2.05) is 0 Å². The highest BCUT2D eigenvalue weighted by molar-refractivity contribution is 5.95. The molecule has 15 nitrogen and oxygen atoms in total. The van der Waals surface area contributed by atoms with Gasteiger partial charge in [0.1, 0.15) is 12.1 Å². The zero-order valence-corrected chi connectivity index (χ0v) is 20.4. The summed E-state index contributed by atoms with van der Waals surface area (Å²) in [6, 6.07) is -4.53. The van der Waals surface area contributed by atoms with Crippen LogP contribution >= 0.6 is 0 Å². The first-order valence-corrected chi connectivity index (χ1v) is 11.9. The highest BCUT2D eigenvalue weighted by atomic mass is 16.4. The Morgan fingerprint density at radius 2 is 1.70 bits per heavy atom. The summed E-state index contributed by atoms with van der Waals surface area (Å²) in [5, 5.41) is 24.7. The van der Waals surface area contributed by atoms with Gasteiger partial charge in [-0.15, -0.1) is 0 Å². The van der Waals surface area contributed by atoms with Gasteiger partial charge in [0.15, 0.2) is 0 Å². The number of carbonyl (C=O) groups is 6. The van der Waals surface area contributed by atoms with E-state index in [1.165, 1.54) is 4.90 Å². The van der Waals surface area contributed by atoms with E-state index < -0.39 is 79.1 Å². The molecule has 4 atom stereocenters. The van der Waals surface area contributed by atoms with Crippen LogP contribution in [0, 0.1) is 0 Å². The lowest BCUT2D eigenvalue weighted by Crippen LogP contribution is -2.55. The van der Waals surface area contributed by atoms with Gasteiger partial charge in [-0.05, 0) is 45.1 Å². The van der Waals surface area contributed by atoms with E-state index in [-0.39, 0.29) is 13.0 Å². The van der Waals surface area contributed by atoms with Gasteiger partial charge >= 0.3 is 11.9 Å². The summed E-state index contributed by atoms with van der Waals surface area (Å²) in [6.45, 7) is 0.118. The second-order valence-electron chi connectivity index (χ2n) is 8.62. The van der Waals surface area contributed by atoms with E-state index in [0.29, 0.717) is 38.6 Å². The number of hydrogen-bond donors (Lipinski definition) is 7. The van der Waals surface area contributed by atoms with Crippen LogP contribution in [0.3, 0.4) is 0 Å². The fourth-order valence-electron chi connectivity index (χ4n) is 3.72. The predicted octanol–water partition coefficient (Wildman–Crippen LogP) is -3.03. The van der Waals surface area contributed by atoms with E-state index in [0.717, 1.165) is 0 Å². The second-order valence-corrected chi connectivity index (χ2v) is 8.62. The van der Waals surface area contributed by atoms with Crippen molar-refractivity contribution in [2.45, 2.75) is 75.5 Å². The van der Waals surface area contributed by atoms with E-state index in [1.54, 1.807) is 6.29 Å². The van der Waals surface area contributed by atoms with Gasteiger partial charge in [0.25, 0.3) is 0 Å². The summed E-state index contributed by atoms with van der Waals surface area (Å²) in [5.41, 5.74) is 11.0. The van der Waals surface area contributed by atoms with Gasteiger partial charge in [0.2, 0.25) is 29.9 Å². The molecule has 0 aliphatic carbocycles. The number of amides is 4. The van der Waals surface area contributed by atoms with Crippen LogP contribution in [0.15, 0.2) is 0 Å². The van der Waals surface area contributed by atoms with E-state index in [9.17, 15) is 33.6 Å². The largest absolute Gasteiger partial charge is 0.481 e. The van der Waals surface area contributed by atoms with Crippen molar-refractivity contribution in [3.63, 3.8) is 0 Å². The zero-order valence-electron chi connectivity index (χ0n) is 20.4. The number of carbonyl (C=O) groups excluding carboxylic acids is 5. The molecule has 0 spiro atoms. The number of hydrogen-bond acceptors (Lipinski definition) is 9. The van der Waals surface area contributed by atoms with Crippen molar-refractivity contribution in [2.75, 3.05) is 19.6 Å². The number of nitrogens with zero attached hydrogens (tertiary/aromatic N) is 1. The minimum atomic E-state index is -1.57. The first-order valence-electron chi connectivity index (χ1n) is 11.9. The van der Waals surface area contributed by atoms with Crippen LogP contribution in [0.2, 0.25) is 0 Å². The Kier molecular flexibility index (Phi) is 13.8. The summed E-state index contributed by atoms with van der Waals surface area (Å²) in [7, 11) is 0. The SMILES string of the molecule is NCCCC[C@@H]([C]=O)NC(=O)[C@@H]1CCCN1C(=O)CNC(=O)[C@H](CC(=O)O)NC(=O)[C@@H](N)CCC(=O)O. The summed E-state index contributed by atoms with van der Waals surface area (Å²) in [6.07, 6.45) is 2.86. The molecule has 0 aromatic rings. The zero-order chi connectivity index (χ0) is 28.0. The number of nitrogens with one attached hydrogen (secondary N) is 3. The van der Waals surface area contributed by atoms with Crippen molar-refractivity contribution in [3.05, 3.63) is 0 Å². The molecular formula is C22H35N6O9. The maximum absolute atomic E-state index is 12.7. The first-order chi connectivity index (χ1) is 17.5. The fourth-order valence-corrected chi connectivity index (χ4v) is 3.72. The normalized spacial score (nSPS) is 17.2. The predicted molar refractivity (Wildman–Crippen MR) is 127 cm³/mol. The molecule has 0 unspecified atom stereocenters. The fraction of sp³-hybridized carbons (Fsp3) is 0.682. The van der Waals surface area contributed by atoms with E-state index in [4.69, 9.17) is 21.7 Å². The molecule has 207 valence electrons. The maximum Gasteiger partial charge on any atom is 0.305 e. The molecule has 0 bridgehead atoms. The first kappa shape index (κ1) is 31.4. The number of rotatable bonds is 17.